The van der Waals surface area contributed by atoms with Crippen molar-refractivity contribution in [2.24, 2.45) is 0 Å². The fourth-order valence-electron chi connectivity index (χ4n) is 2.99. The molecule has 1 aromatic carbocycles. The largest absolute Gasteiger partial charge is 0.497 e. The van der Waals surface area contributed by atoms with Gasteiger partial charge in [0.2, 0.25) is 5.91 Å². The molecule has 1 unspecified atom stereocenters. The van der Waals surface area contributed by atoms with Gasteiger partial charge in [-0.2, -0.15) is 0 Å². The normalized spacial score (nSPS) is 14.8. The summed E-state index contributed by atoms with van der Waals surface area (Å²) >= 11 is 0. The Balaban J connectivity index is 0.00000312. The molecule has 0 aliphatic carbocycles. The quantitative estimate of drug-likeness (QED) is 0.580. The number of carbonyl (C=O) groups is 1. The number of nitrogens with one attached hydrogen (secondary N) is 2. The Labute approximate surface area is 168 Å². The predicted octanol–water partition coefficient (Wildman–Crippen LogP) is 2.03. The number of likely N-dealkylation sites (tertiary alicyclic amines) is 1. The van der Waals surface area contributed by atoms with E-state index >= 15 is 0 Å². The lowest BCUT2D eigenvalue weighted by Gasteiger charge is -2.28. The third-order valence-corrected chi connectivity index (χ3v) is 4.34. The Hall–Kier alpha value is -1.05. The van der Waals surface area contributed by atoms with Crippen molar-refractivity contribution in [2.75, 3.05) is 53.6 Å². The molecule has 150 valence electrons. The average Bonchev–Trinajstić information content (AvgIpc) is 3.14. The lowest BCUT2D eigenvalue weighted by Crippen LogP contribution is -2.40. The molecule has 0 radical (unpaired) electrons. The summed E-state index contributed by atoms with van der Waals surface area (Å²) in [4.78, 5) is 14.4. The molecule has 1 fully saturated rings. The van der Waals surface area contributed by atoms with Gasteiger partial charge in [-0.25, -0.2) is 0 Å². The second kappa shape index (κ2) is 14.1. The molecule has 1 aliphatic rings. The number of nitrogens with zero attached hydrogens (tertiary/aromatic N) is 1. The molecule has 1 atom stereocenters. The van der Waals surface area contributed by atoms with Gasteiger partial charge in [-0.05, 0) is 43.6 Å². The molecule has 6 nitrogen and oxygen atoms in total. The zero-order valence-corrected chi connectivity index (χ0v) is 17.2. The highest BCUT2D eigenvalue weighted by Crippen LogP contribution is 2.26. The van der Waals surface area contributed by atoms with Crippen molar-refractivity contribution >= 4 is 30.7 Å². The van der Waals surface area contributed by atoms with Crippen molar-refractivity contribution in [3.63, 3.8) is 0 Å². The fourth-order valence-corrected chi connectivity index (χ4v) is 2.99. The smallest absolute Gasteiger partial charge is 0.234 e. The van der Waals surface area contributed by atoms with E-state index in [1.165, 1.54) is 18.4 Å². The number of methoxy groups -OCH3 is 2. The van der Waals surface area contributed by atoms with Gasteiger partial charge in [0.05, 0.1) is 26.3 Å². The summed E-state index contributed by atoms with van der Waals surface area (Å²) in [7, 11) is 3.32. The zero-order valence-electron chi connectivity index (χ0n) is 15.5. The average molecular weight is 408 g/mol. The van der Waals surface area contributed by atoms with Crippen LogP contribution in [-0.2, 0) is 9.53 Å². The molecule has 0 aromatic heterocycles. The van der Waals surface area contributed by atoms with Gasteiger partial charge in [-0.15, -0.1) is 24.8 Å². The van der Waals surface area contributed by atoms with E-state index in [1.807, 2.05) is 12.1 Å². The van der Waals surface area contributed by atoms with Crippen LogP contribution in [0.1, 0.15) is 24.4 Å². The standard InChI is InChI=1S/C18H29N3O3.2ClH/c1-23-12-9-19-14-18(22)20-13-17(21-10-3-4-11-21)15-5-7-16(24-2)8-6-15;;/h5-8,17,19H,3-4,9-14H2,1-2H3,(H,20,22);2*1H. The molecule has 1 heterocycles. The SMILES string of the molecule is COCCNCC(=O)NCC(c1ccc(OC)cc1)N1CCCC1.Cl.Cl. The lowest BCUT2D eigenvalue weighted by atomic mass is 10.1. The van der Waals surface area contributed by atoms with Gasteiger partial charge in [-0.3, -0.25) is 9.69 Å². The molecule has 0 saturated carbocycles. The number of hydrogen-bond acceptors (Lipinski definition) is 5. The van der Waals surface area contributed by atoms with E-state index in [2.05, 4.69) is 27.7 Å². The summed E-state index contributed by atoms with van der Waals surface area (Å²) in [5.74, 6) is 0.870. The summed E-state index contributed by atoms with van der Waals surface area (Å²) in [5, 5.41) is 6.12. The van der Waals surface area contributed by atoms with E-state index in [0.29, 0.717) is 26.2 Å². The molecule has 26 heavy (non-hydrogen) atoms. The highest BCUT2D eigenvalue weighted by Gasteiger charge is 2.23. The van der Waals surface area contributed by atoms with Crippen LogP contribution in [0.4, 0.5) is 0 Å². The summed E-state index contributed by atoms with van der Waals surface area (Å²) in [6.07, 6.45) is 2.44. The van der Waals surface area contributed by atoms with Crippen LogP contribution in [0.3, 0.4) is 0 Å². The van der Waals surface area contributed by atoms with Crippen molar-refractivity contribution in [3.05, 3.63) is 29.8 Å². The first kappa shape index (κ1) is 24.9. The molecule has 1 amide bonds. The minimum Gasteiger partial charge on any atom is -0.497 e. The summed E-state index contributed by atoms with van der Waals surface area (Å²) in [6, 6.07) is 8.34. The van der Waals surface area contributed by atoms with Gasteiger partial charge in [0, 0.05) is 20.2 Å². The minimum absolute atomic E-state index is 0. The Morgan fingerprint density at radius 3 is 2.38 bits per heavy atom. The number of rotatable bonds is 10. The Bertz CT molecular complexity index is 497. The van der Waals surface area contributed by atoms with Crippen molar-refractivity contribution in [1.82, 2.24) is 15.5 Å². The molecular formula is C18H31Cl2N3O3. The van der Waals surface area contributed by atoms with Gasteiger partial charge in [-0.1, -0.05) is 12.1 Å². The van der Waals surface area contributed by atoms with Crippen molar-refractivity contribution in [3.8, 4) is 5.75 Å². The summed E-state index contributed by atoms with van der Waals surface area (Å²) in [6.45, 7) is 4.39. The first-order valence-corrected chi connectivity index (χ1v) is 8.59. The highest BCUT2D eigenvalue weighted by molar-refractivity contribution is 5.85. The lowest BCUT2D eigenvalue weighted by molar-refractivity contribution is -0.120. The third-order valence-electron chi connectivity index (χ3n) is 4.34. The third kappa shape index (κ3) is 8.10. The first-order valence-electron chi connectivity index (χ1n) is 8.59. The fraction of sp³-hybridized carbons (Fsp3) is 0.611. The highest BCUT2D eigenvalue weighted by atomic mass is 35.5. The van der Waals surface area contributed by atoms with Crippen LogP contribution in [0.5, 0.6) is 5.75 Å². The Kier molecular flexibility index (Phi) is 13.5. The molecule has 0 bridgehead atoms. The number of halogens is 2. The number of hydrogen-bond donors (Lipinski definition) is 2. The van der Waals surface area contributed by atoms with E-state index in [1.54, 1.807) is 14.2 Å². The van der Waals surface area contributed by atoms with Crippen LogP contribution in [0.2, 0.25) is 0 Å². The maximum Gasteiger partial charge on any atom is 0.234 e. The number of benzene rings is 1. The molecule has 2 rings (SSSR count). The predicted molar refractivity (Wildman–Crippen MR) is 109 cm³/mol. The molecule has 8 heteroatoms. The molecule has 1 saturated heterocycles. The van der Waals surface area contributed by atoms with Crippen molar-refractivity contribution in [1.29, 1.82) is 0 Å². The monoisotopic (exact) mass is 407 g/mol. The molecule has 2 N–H and O–H groups in total. The Morgan fingerprint density at radius 2 is 1.81 bits per heavy atom. The topological polar surface area (TPSA) is 62.8 Å². The van der Waals surface area contributed by atoms with Crippen molar-refractivity contribution in [2.45, 2.75) is 18.9 Å². The van der Waals surface area contributed by atoms with Crippen LogP contribution in [0.15, 0.2) is 24.3 Å². The van der Waals surface area contributed by atoms with Crippen LogP contribution in [0, 0.1) is 0 Å². The molecule has 1 aromatic rings. The van der Waals surface area contributed by atoms with Gasteiger partial charge >= 0.3 is 0 Å². The van der Waals surface area contributed by atoms with Crippen LogP contribution in [0.25, 0.3) is 0 Å². The van der Waals surface area contributed by atoms with Gasteiger partial charge in [0.25, 0.3) is 0 Å². The maximum atomic E-state index is 12.0. The van der Waals surface area contributed by atoms with Gasteiger partial charge in [0.15, 0.2) is 0 Å². The van der Waals surface area contributed by atoms with Crippen LogP contribution >= 0.6 is 24.8 Å². The Morgan fingerprint density at radius 1 is 1.15 bits per heavy atom. The zero-order chi connectivity index (χ0) is 17.2. The second-order valence-corrected chi connectivity index (χ2v) is 6.01. The van der Waals surface area contributed by atoms with E-state index in [-0.39, 0.29) is 36.8 Å². The van der Waals surface area contributed by atoms with E-state index in [4.69, 9.17) is 9.47 Å². The number of amides is 1. The van der Waals surface area contributed by atoms with E-state index < -0.39 is 0 Å². The van der Waals surface area contributed by atoms with Crippen molar-refractivity contribution < 1.29 is 14.3 Å². The minimum atomic E-state index is 0. The molecule has 0 spiro atoms. The molecule has 1 aliphatic heterocycles. The first-order chi connectivity index (χ1) is 11.7. The van der Waals surface area contributed by atoms with Crippen LogP contribution in [-0.4, -0.2) is 64.4 Å². The number of ether oxygens (including phenoxy) is 2. The second-order valence-electron chi connectivity index (χ2n) is 6.01. The van der Waals surface area contributed by atoms with Gasteiger partial charge < -0.3 is 20.1 Å². The molecular weight excluding hydrogens is 377 g/mol. The number of carbonyl (C=O) groups excluding carboxylic acids is 1. The summed E-state index contributed by atoms with van der Waals surface area (Å²) < 4.78 is 10.2. The van der Waals surface area contributed by atoms with E-state index in [0.717, 1.165) is 18.8 Å². The van der Waals surface area contributed by atoms with Crippen LogP contribution < -0.4 is 15.4 Å². The maximum absolute atomic E-state index is 12.0. The van der Waals surface area contributed by atoms with Gasteiger partial charge in [0.1, 0.15) is 5.75 Å². The van der Waals surface area contributed by atoms with E-state index in [9.17, 15) is 4.79 Å². The summed E-state index contributed by atoms with van der Waals surface area (Å²) in [5.41, 5.74) is 1.21.